The average molecular weight is 412 g/mol. The first-order chi connectivity index (χ1) is 13.2. The summed E-state index contributed by atoms with van der Waals surface area (Å²) >= 11 is 1.34. The van der Waals surface area contributed by atoms with Crippen molar-refractivity contribution in [2.75, 3.05) is 5.32 Å². The number of anilines is 2. The van der Waals surface area contributed by atoms with Gasteiger partial charge in [-0.25, -0.2) is 23.7 Å². The van der Waals surface area contributed by atoms with Crippen molar-refractivity contribution in [3.05, 3.63) is 53.4 Å². The summed E-state index contributed by atoms with van der Waals surface area (Å²) in [5, 5.41) is 3.42. The van der Waals surface area contributed by atoms with Gasteiger partial charge in [-0.3, -0.25) is 0 Å². The molecule has 3 aromatic rings. The smallest absolute Gasteiger partial charge is 0.324 e. The fraction of sp³-hybridized carbons (Fsp3) is 0.278. The molecule has 146 valence electrons. The number of nitrogens with zero attached hydrogens (tertiary/aromatic N) is 3. The Morgan fingerprint density at radius 3 is 2.61 bits per heavy atom. The lowest BCUT2D eigenvalue weighted by Crippen LogP contribution is -2.33. The third kappa shape index (κ3) is 3.96. The van der Waals surface area contributed by atoms with Gasteiger partial charge in [-0.2, -0.15) is 13.2 Å². The van der Waals surface area contributed by atoms with Crippen LogP contribution in [0.3, 0.4) is 0 Å². The van der Waals surface area contributed by atoms with Crippen LogP contribution in [0.15, 0.2) is 42.7 Å². The van der Waals surface area contributed by atoms with Crippen LogP contribution in [0.4, 0.5) is 33.6 Å². The molecule has 0 unspecified atom stereocenters. The molecule has 1 aromatic carbocycles. The Balaban J connectivity index is 1.52. The average Bonchev–Trinajstić information content (AvgIpc) is 3.09. The Hall–Kier alpha value is -2.62. The van der Waals surface area contributed by atoms with E-state index in [9.17, 15) is 22.0 Å². The van der Waals surface area contributed by atoms with Crippen LogP contribution in [0.1, 0.15) is 29.5 Å². The van der Waals surface area contributed by atoms with Crippen LogP contribution >= 0.6 is 11.3 Å². The maximum absolute atomic E-state index is 13.1. The first-order valence-electron chi connectivity index (χ1n) is 8.31. The molecule has 1 N–H and O–H groups in total. The van der Waals surface area contributed by atoms with Crippen molar-refractivity contribution in [2.24, 2.45) is 0 Å². The Kier molecular flexibility index (Phi) is 4.53. The van der Waals surface area contributed by atoms with E-state index in [0.29, 0.717) is 10.7 Å². The minimum atomic E-state index is -4.56. The van der Waals surface area contributed by atoms with Gasteiger partial charge in [0.1, 0.15) is 5.69 Å². The number of hydrogen-bond donors (Lipinski definition) is 1. The Morgan fingerprint density at radius 1 is 1.11 bits per heavy atom. The van der Waals surface area contributed by atoms with Crippen LogP contribution in [0.2, 0.25) is 0 Å². The van der Waals surface area contributed by atoms with Gasteiger partial charge < -0.3 is 5.32 Å². The Bertz CT molecular complexity index is 993. The molecule has 1 aliphatic rings. The van der Waals surface area contributed by atoms with Crippen molar-refractivity contribution in [3.8, 4) is 10.4 Å². The highest BCUT2D eigenvalue weighted by atomic mass is 32.1. The third-order valence-corrected chi connectivity index (χ3v) is 5.52. The molecule has 4 rings (SSSR count). The molecule has 2 heterocycles. The zero-order chi connectivity index (χ0) is 19.9. The largest absolute Gasteiger partial charge is 0.433 e. The highest BCUT2D eigenvalue weighted by Crippen LogP contribution is 2.49. The van der Waals surface area contributed by atoms with Gasteiger partial charge in [0, 0.05) is 36.8 Å². The van der Waals surface area contributed by atoms with Crippen molar-refractivity contribution in [2.45, 2.75) is 30.9 Å². The number of nitrogens with one attached hydrogen (secondary N) is 1. The van der Waals surface area contributed by atoms with E-state index in [2.05, 4.69) is 20.3 Å². The van der Waals surface area contributed by atoms with Crippen LogP contribution in [0.5, 0.6) is 0 Å². The molecule has 0 saturated heterocycles. The van der Waals surface area contributed by atoms with Crippen molar-refractivity contribution >= 4 is 23.0 Å². The summed E-state index contributed by atoms with van der Waals surface area (Å²) in [6.07, 6.45) is -2.27. The lowest BCUT2D eigenvalue weighted by atomic mass is 9.82. The van der Waals surface area contributed by atoms with Crippen molar-refractivity contribution in [1.29, 1.82) is 0 Å². The second-order valence-corrected chi connectivity index (χ2v) is 7.56. The Labute approximate surface area is 160 Å². The predicted octanol–water partition coefficient (Wildman–Crippen LogP) is 5.88. The van der Waals surface area contributed by atoms with Gasteiger partial charge in [-0.15, -0.1) is 11.3 Å². The molecule has 0 atom stereocenters. The molecule has 1 aliphatic carbocycles. The summed E-state index contributed by atoms with van der Waals surface area (Å²) in [5.41, 5.74) is 0.235. The SMILES string of the molecule is FC1(F)CC(c2ncc(-c3cccc(Nc4nccc(C(F)(F)F)n4)c3)s2)C1. The number of alkyl halides is 5. The standard InChI is InChI=1S/C18H13F5N4S/c19-17(20)7-11(8-17)15-25-9-13(28-15)10-2-1-3-12(6-10)26-16-24-5-4-14(27-16)18(21,22)23/h1-6,9,11H,7-8H2,(H,24,26,27). The van der Waals surface area contributed by atoms with Gasteiger partial charge >= 0.3 is 6.18 Å². The summed E-state index contributed by atoms with van der Waals surface area (Å²) in [4.78, 5) is 12.3. The molecule has 2 aromatic heterocycles. The fourth-order valence-electron chi connectivity index (χ4n) is 2.90. The van der Waals surface area contributed by atoms with Crippen molar-refractivity contribution < 1.29 is 22.0 Å². The molecule has 0 radical (unpaired) electrons. The first kappa shape index (κ1) is 18.7. The summed E-state index contributed by atoms with van der Waals surface area (Å²) in [6.45, 7) is 0. The maximum atomic E-state index is 13.1. The molecule has 0 aliphatic heterocycles. The summed E-state index contributed by atoms with van der Waals surface area (Å²) in [6, 6.07) is 7.72. The summed E-state index contributed by atoms with van der Waals surface area (Å²) in [7, 11) is 0. The first-order valence-corrected chi connectivity index (χ1v) is 9.12. The molecular weight excluding hydrogens is 399 g/mol. The maximum Gasteiger partial charge on any atom is 0.433 e. The second-order valence-electron chi connectivity index (χ2n) is 6.49. The van der Waals surface area contributed by atoms with Crippen molar-refractivity contribution in [1.82, 2.24) is 15.0 Å². The number of hydrogen-bond acceptors (Lipinski definition) is 5. The number of benzene rings is 1. The van der Waals surface area contributed by atoms with Crippen LogP contribution in [0.25, 0.3) is 10.4 Å². The molecule has 4 nitrogen and oxygen atoms in total. The zero-order valence-corrected chi connectivity index (χ0v) is 15.0. The van der Waals surface area contributed by atoms with Crippen LogP contribution in [-0.2, 0) is 6.18 Å². The molecule has 0 bridgehead atoms. The Morgan fingerprint density at radius 2 is 1.89 bits per heavy atom. The van der Waals surface area contributed by atoms with Gasteiger partial charge in [-0.05, 0) is 23.8 Å². The molecule has 1 fully saturated rings. The van der Waals surface area contributed by atoms with Gasteiger partial charge in [0.2, 0.25) is 11.9 Å². The van der Waals surface area contributed by atoms with Crippen LogP contribution < -0.4 is 5.32 Å². The minimum absolute atomic E-state index is 0.173. The van der Waals surface area contributed by atoms with E-state index in [1.54, 1.807) is 24.4 Å². The molecule has 0 spiro atoms. The van der Waals surface area contributed by atoms with E-state index < -0.39 is 17.8 Å². The highest BCUT2D eigenvalue weighted by Gasteiger charge is 2.47. The van der Waals surface area contributed by atoms with E-state index in [1.807, 2.05) is 6.07 Å². The minimum Gasteiger partial charge on any atom is -0.324 e. The number of aromatic nitrogens is 3. The quantitative estimate of drug-likeness (QED) is 0.544. The molecule has 0 amide bonds. The lowest BCUT2D eigenvalue weighted by Gasteiger charge is -2.33. The number of halogens is 5. The van der Waals surface area contributed by atoms with Gasteiger partial charge in [-0.1, -0.05) is 12.1 Å². The fourth-order valence-corrected chi connectivity index (χ4v) is 3.92. The summed E-state index contributed by atoms with van der Waals surface area (Å²) < 4.78 is 64.4. The van der Waals surface area contributed by atoms with Crippen LogP contribution in [-0.4, -0.2) is 20.9 Å². The number of rotatable bonds is 4. The topological polar surface area (TPSA) is 50.7 Å². The van der Waals surface area contributed by atoms with Crippen LogP contribution in [0, 0.1) is 0 Å². The highest BCUT2D eigenvalue weighted by molar-refractivity contribution is 7.15. The lowest BCUT2D eigenvalue weighted by molar-refractivity contribution is -0.141. The van der Waals surface area contributed by atoms with E-state index >= 15 is 0 Å². The zero-order valence-electron chi connectivity index (χ0n) is 14.2. The normalized spacial score (nSPS) is 16.6. The summed E-state index contributed by atoms with van der Waals surface area (Å²) in [5.74, 6) is -3.01. The molecule has 28 heavy (non-hydrogen) atoms. The monoisotopic (exact) mass is 412 g/mol. The second kappa shape index (κ2) is 6.77. The molecule has 1 saturated carbocycles. The van der Waals surface area contributed by atoms with E-state index in [1.165, 1.54) is 11.3 Å². The van der Waals surface area contributed by atoms with Gasteiger partial charge in [0.25, 0.3) is 0 Å². The predicted molar refractivity (Wildman–Crippen MR) is 94.8 cm³/mol. The van der Waals surface area contributed by atoms with Gasteiger partial charge in [0.15, 0.2) is 0 Å². The molecule has 10 heteroatoms. The third-order valence-electron chi connectivity index (χ3n) is 4.31. The van der Waals surface area contributed by atoms with E-state index in [-0.39, 0.29) is 24.7 Å². The number of thiazole rings is 1. The van der Waals surface area contributed by atoms with Gasteiger partial charge in [0.05, 0.1) is 9.88 Å². The molecular formula is C18H13F5N4S. The van der Waals surface area contributed by atoms with E-state index in [4.69, 9.17) is 0 Å². The van der Waals surface area contributed by atoms with Crippen molar-refractivity contribution in [3.63, 3.8) is 0 Å². The van der Waals surface area contributed by atoms with E-state index in [0.717, 1.165) is 22.7 Å².